The third-order valence-corrected chi connectivity index (χ3v) is 4.02. The molecule has 1 aromatic carbocycles. The fourth-order valence-electron chi connectivity index (χ4n) is 2.70. The summed E-state index contributed by atoms with van der Waals surface area (Å²) in [7, 11) is 0. The number of ether oxygens (including phenoxy) is 1. The molecule has 4 heteroatoms. The van der Waals surface area contributed by atoms with Crippen molar-refractivity contribution < 1.29 is 4.74 Å². The summed E-state index contributed by atoms with van der Waals surface area (Å²) in [5.74, 6) is 1.03. The molecule has 3 nitrogen and oxygen atoms in total. The average molecular weight is 267 g/mol. The highest BCUT2D eigenvalue weighted by Gasteiger charge is 2.35. The molecule has 2 heterocycles. The smallest absolute Gasteiger partial charge is 0.146 e. The molecule has 18 heavy (non-hydrogen) atoms. The fourth-order valence-corrected chi connectivity index (χ4v) is 2.92. The van der Waals surface area contributed by atoms with Gasteiger partial charge in [-0.3, -0.25) is 0 Å². The fraction of sp³-hybridized carbons (Fsp3) is 0.571. The Morgan fingerprint density at radius 2 is 2.00 bits per heavy atom. The van der Waals surface area contributed by atoms with Gasteiger partial charge in [0, 0.05) is 42.2 Å². The van der Waals surface area contributed by atoms with Crippen LogP contribution in [0.3, 0.4) is 0 Å². The lowest BCUT2D eigenvalue weighted by molar-refractivity contribution is 0.291. The lowest BCUT2D eigenvalue weighted by atomic mass is 9.86. The molecule has 0 atom stereocenters. The molecule has 0 radical (unpaired) electrons. The first-order valence-corrected chi connectivity index (χ1v) is 6.88. The highest BCUT2D eigenvalue weighted by Crippen LogP contribution is 2.46. The summed E-state index contributed by atoms with van der Waals surface area (Å²) >= 11 is 6.28. The summed E-state index contributed by atoms with van der Waals surface area (Å²) in [6, 6.07) is 4.09. The highest BCUT2D eigenvalue weighted by molar-refractivity contribution is 6.31. The van der Waals surface area contributed by atoms with Crippen LogP contribution in [0.4, 0.5) is 5.69 Å². The van der Waals surface area contributed by atoms with Crippen molar-refractivity contribution in [2.75, 3.05) is 37.7 Å². The largest absolute Gasteiger partial charge is 0.490 e. The zero-order valence-electron chi connectivity index (χ0n) is 10.9. The summed E-state index contributed by atoms with van der Waals surface area (Å²) in [5.41, 5.74) is 2.45. The molecule has 0 bridgehead atoms. The van der Waals surface area contributed by atoms with Crippen molar-refractivity contribution in [3.05, 3.63) is 22.7 Å². The van der Waals surface area contributed by atoms with Crippen LogP contribution in [-0.4, -0.2) is 32.8 Å². The van der Waals surface area contributed by atoms with E-state index >= 15 is 0 Å². The maximum atomic E-state index is 6.28. The van der Waals surface area contributed by atoms with E-state index < -0.39 is 0 Å². The van der Waals surface area contributed by atoms with Crippen molar-refractivity contribution in [1.82, 2.24) is 5.32 Å². The van der Waals surface area contributed by atoms with Gasteiger partial charge in [-0.15, -0.1) is 0 Å². The summed E-state index contributed by atoms with van der Waals surface area (Å²) in [4.78, 5) is 2.36. The van der Waals surface area contributed by atoms with Crippen LogP contribution in [0.2, 0.25) is 5.02 Å². The number of halogens is 1. The number of hydrogen-bond acceptors (Lipinski definition) is 3. The van der Waals surface area contributed by atoms with Gasteiger partial charge >= 0.3 is 0 Å². The quantitative estimate of drug-likeness (QED) is 0.845. The molecule has 0 aromatic heterocycles. The summed E-state index contributed by atoms with van der Waals surface area (Å²) < 4.78 is 5.93. The standard InChI is InChI=1S/C14H19ClN2O/c1-14(2)9-18-13-11(14)7-10(15)8-12(13)17-5-3-16-4-6-17/h7-8,16H,3-6,9H2,1-2H3. The second kappa shape index (κ2) is 4.32. The minimum atomic E-state index is 0.0586. The normalized spacial score (nSPS) is 21.6. The minimum Gasteiger partial charge on any atom is -0.490 e. The molecule has 1 fully saturated rings. The SMILES string of the molecule is CC1(C)COc2c(N3CCNCC3)cc(Cl)cc21. The van der Waals surface area contributed by atoms with Gasteiger partial charge in [0.2, 0.25) is 0 Å². The van der Waals surface area contributed by atoms with Crippen LogP contribution in [0.1, 0.15) is 19.4 Å². The third kappa shape index (κ3) is 1.95. The number of fused-ring (bicyclic) bond motifs is 1. The molecule has 1 N–H and O–H groups in total. The lowest BCUT2D eigenvalue weighted by Crippen LogP contribution is -2.43. The van der Waals surface area contributed by atoms with Gasteiger partial charge in [0.1, 0.15) is 5.75 Å². The summed E-state index contributed by atoms with van der Waals surface area (Å²) in [6.07, 6.45) is 0. The zero-order valence-corrected chi connectivity index (χ0v) is 11.7. The van der Waals surface area contributed by atoms with Crippen LogP contribution in [0, 0.1) is 0 Å². The molecule has 0 aliphatic carbocycles. The van der Waals surface area contributed by atoms with Crippen LogP contribution in [0.5, 0.6) is 5.75 Å². The second-order valence-corrected chi connectivity index (χ2v) is 6.15. The number of piperazine rings is 1. The first-order valence-electron chi connectivity index (χ1n) is 6.50. The Balaban J connectivity index is 2.05. The number of benzene rings is 1. The molecule has 2 aliphatic heterocycles. The Morgan fingerprint density at radius 1 is 1.28 bits per heavy atom. The zero-order chi connectivity index (χ0) is 12.8. The van der Waals surface area contributed by atoms with Gasteiger partial charge in [0.25, 0.3) is 0 Å². The number of rotatable bonds is 1. The van der Waals surface area contributed by atoms with Crippen LogP contribution >= 0.6 is 11.6 Å². The van der Waals surface area contributed by atoms with E-state index in [1.165, 1.54) is 5.56 Å². The molecule has 0 saturated carbocycles. The van der Waals surface area contributed by atoms with Gasteiger partial charge in [-0.05, 0) is 12.1 Å². The van der Waals surface area contributed by atoms with E-state index in [9.17, 15) is 0 Å². The van der Waals surface area contributed by atoms with Crippen molar-refractivity contribution in [3.8, 4) is 5.75 Å². The van der Waals surface area contributed by atoms with Gasteiger partial charge in [0.05, 0.1) is 12.3 Å². The average Bonchev–Trinajstić information content (AvgIpc) is 2.66. The topological polar surface area (TPSA) is 24.5 Å². The number of hydrogen-bond donors (Lipinski definition) is 1. The van der Waals surface area contributed by atoms with Crippen LogP contribution < -0.4 is 15.0 Å². The van der Waals surface area contributed by atoms with Crippen molar-refractivity contribution in [1.29, 1.82) is 0 Å². The van der Waals surface area contributed by atoms with Crippen LogP contribution in [0.25, 0.3) is 0 Å². The first-order chi connectivity index (χ1) is 8.58. The van der Waals surface area contributed by atoms with E-state index in [4.69, 9.17) is 16.3 Å². The maximum Gasteiger partial charge on any atom is 0.146 e. The van der Waals surface area contributed by atoms with Crippen molar-refractivity contribution in [2.24, 2.45) is 0 Å². The Kier molecular flexibility index (Phi) is 2.91. The van der Waals surface area contributed by atoms with Gasteiger partial charge < -0.3 is 15.0 Å². The van der Waals surface area contributed by atoms with E-state index in [1.807, 2.05) is 6.07 Å². The van der Waals surface area contributed by atoms with E-state index in [1.54, 1.807) is 0 Å². The molecule has 1 saturated heterocycles. The molecule has 2 aliphatic rings. The third-order valence-electron chi connectivity index (χ3n) is 3.80. The highest BCUT2D eigenvalue weighted by atomic mass is 35.5. The van der Waals surface area contributed by atoms with Gasteiger partial charge in [-0.2, -0.15) is 0 Å². The minimum absolute atomic E-state index is 0.0586. The van der Waals surface area contributed by atoms with Crippen molar-refractivity contribution in [2.45, 2.75) is 19.3 Å². The number of anilines is 1. The van der Waals surface area contributed by atoms with Gasteiger partial charge in [-0.1, -0.05) is 25.4 Å². The summed E-state index contributed by atoms with van der Waals surface area (Å²) in [6.45, 7) is 9.21. The molecular weight excluding hydrogens is 248 g/mol. The van der Waals surface area contributed by atoms with Crippen molar-refractivity contribution >= 4 is 17.3 Å². The Labute approximate surface area is 113 Å². The molecule has 1 aromatic rings. The van der Waals surface area contributed by atoms with Crippen LogP contribution in [0.15, 0.2) is 12.1 Å². The number of nitrogens with zero attached hydrogens (tertiary/aromatic N) is 1. The monoisotopic (exact) mass is 266 g/mol. The molecule has 0 unspecified atom stereocenters. The van der Waals surface area contributed by atoms with Gasteiger partial charge in [-0.25, -0.2) is 0 Å². The predicted molar refractivity (Wildman–Crippen MR) is 75.1 cm³/mol. The second-order valence-electron chi connectivity index (χ2n) is 5.71. The predicted octanol–water partition coefficient (Wildman–Crippen LogP) is 2.42. The Morgan fingerprint density at radius 3 is 2.72 bits per heavy atom. The molecule has 0 amide bonds. The number of nitrogens with one attached hydrogen (secondary N) is 1. The van der Waals surface area contributed by atoms with E-state index in [0.29, 0.717) is 0 Å². The van der Waals surface area contributed by atoms with Crippen LogP contribution in [-0.2, 0) is 5.41 Å². The van der Waals surface area contributed by atoms with Crippen molar-refractivity contribution in [3.63, 3.8) is 0 Å². The van der Waals surface area contributed by atoms with E-state index in [0.717, 1.165) is 49.2 Å². The Bertz CT molecular complexity index is 467. The Hall–Kier alpha value is -0.930. The maximum absolute atomic E-state index is 6.28. The van der Waals surface area contributed by atoms with Gasteiger partial charge in [0.15, 0.2) is 0 Å². The molecule has 3 rings (SSSR count). The van der Waals surface area contributed by atoms with E-state index in [2.05, 4.69) is 30.1 Å². The molecular formula is C14H19ClN2O. The molecule has 0 spiro atoms. The lowest BCUT2D eigenvalue weighted by Gasteiger charge is -2.30. The first kappa shape index (κ1) is 12.1. The summed E-state index contributed by atoms with van der Waals surface area (Å²) in [5, 5.41) is 4.17. The van der Waals surface area contributed by atoms with E-state index in [-0.39, 0.29) is 5.41 Å². The molecule has 98 valence electrons.